The number of carbonyl (C=O) groups excluding carboxylic acids is 2. The van der Waals surface area contributed by atoms with Crippen LogP contribution in [-0.4, -0.2) is 21.6 Å². The summed E-state index contributed by atoms with van der Waals surface area (Å²) in [6.07, 6.45) is 0.978. The van der Waals surface area contributed by atoms with Gasteiger partial charge < -0.3 is 10.6 Å². The molecule has 2 amide bonds. The Bertz CT molecular complexity index is 1020. The fourth-order valence-electron chi connectivity index (χ4n) is 3.54. The van der Waals surface area contributed by atoms with E-state index in [1.54, 1.807) is 4.68 Å². The molecule has 6 heteroatoms. The predicted octanol–water partition coefficient (Wildman–Crippen LogP) is 3.94. The third-order valence-electron chi connectivity index (χ3n) is 5.01. The van der Waals surface area contributed by atoms with Crippen molar-refractivity contribution in [2.75, 3.05) is 10.6 Å². The number of rotatable bonds is 5. The lowest BCUT2D eigenvalue weighted by atomic mass is 10.1. The molecule has 1 aromatic heterocycles. The zero-order valence-electron chi connectivity index (χ0n) is 15.9. The predicted molar refractivity (Wildman–Crippen MR) is 109 cm³/mol. The molecule has 0 saturated heterocycles. The van der Waals surface area contributed by atoms with E-state index in [0.717, 1.165) is 28.9 Å². The second-order valence-electron chi connectivity index (χ2n) is 6.93. The summed E-state index contributed by atoms with van der Waals surface area (Å²) in [4.78, 5) is 25.0. The first-order chi connectivity index (χ1) is 13.6. The van der Waals surface area contributed by atoms with Crippen molar-refractivity contribution in [1.29, 1.82) is 0 Å². The van der Waals surface area contributed by atoms with Crippen LogP contribution in [0.25, 0.3) is 11.1 Å². The van der Waals surface area contributed by atoms with Crippen LogP contribution in [0.5, 0.6) is 0 Å². The maximum atomic E-state index is 12.5. The number of carbonyl (C=O) groups is 2. The summed E-state index contributed by atoms with van der Waals surface area (Å²) in [6.45, 7) is 3.99. The molecule has 2 heterocycles. The van der Waals surface area contributed by atoms with Crippen molar-refractivity contribution in [2.45, 2.75) is 32.7 Å². The van der Waals surface area contributed by atoms with Crippen molar-refractivity contribution in [1.82, 2.24) is 9.78 Å². The largest absolute Gasteiger partial charge is 0.326 e. The molecule has 6 nitrogen and oxygen atoms in total. The van der Waals surface area contributed by atoms with E-state index >= 15 is 0 Å². The van der Waals surface area contributed by atoms with E-state index in [2.05, 4.69) is 22.7 Å². The smallest absolute Gasteiger partial charge is 0.251 e. The lowest BCUT2D eigenvalue weighted by molar-refractivity contribution is -0.123. The fraction of sp³-hybridized carbons (Fsp3) is 0.227. The quantitative estimate of drug-likeness (QED) is 0.710. The second kappa shape index (κ2) is 7.31. The molecule has 28 heavy (non-hydrogen) atoms. The molecule has 0 spiro atoms. The summed E-state index contributed by atoms with van der Waals surface area (Å²) in [5.74, 6) is 0.224. The number of aryl methyl sites for hydroxylation is 2. The number of nitrogens with zero attached hydrogens (tertiary/aromatic N) is 2. The average molecular weight is 374 g/mol. The van der Waals surface area contributed by atoms with Gasteiger partial charge in [-0.3, -0.25) is 9.59 Å². The number of nitrogens with one attached hydrogen (secondary N) is 2. The summed E-state index contributed by atoms with van der Waals surface area (Å²) in [7, 11) is 0. The van der Waals surface area contributed by atoms with Crippen LogP contribution in [0.15, 0.2) is 54.6 Å². The van der Waals surface area contributed by atoms with Crippen LogP contribution in [0.3, 0.4) is 0 Å². The van der Waals surface area contributed by atoms with Gasteiger partial charge in [0, 0.05) is 11.3 Å². The molecular weight excluding hydrogens is 352 g/mol. The van der Waals surface area contributed by atoms with Crippen molar-refractivity contribution in [2.24, 2.45) is 0 Å². The normalized spacial score (nSPS) is 15.2. The Balaban J connectivity index is 1.54. The highest BCUT2D eigenvalue weighted by atomic mass is 16.2. The highest BCUT2D eigenvalue weighted by Gasteiger charge is 2.36. The molecule has 2 N–H and O–H groups in total. The molecule has 0 bridgehead atoms. The Morgan fingerprint density at radius 3 is 2.54 bits per heavy atom. The van der Waals surface area contributed by atoms with E-state index in [4.69, 9.17) is 0 Å². The maximum absolute atomic E-state index is 12.5. The standard InChI is InChI=1S/C22H22N4O2/c1-3-15-9-11-17(12-10-15)23-19(27)13-18-22(28)24-21-20(14(2)25-26(18)21)16-7-5-4-6-8-16/h4-12,18H,3,13H2,1-2H3,(H,23,27)(H,24,28). The van der Waals surface area contributed by atoms with E-state index in [1.165, 1.54) is 5.56 Å². The molecule has 2 aromatic carbocycles. The monoisotopic (exact) mass is 374 g/mol. The van der Waals surface area contributed by atoms with Crippen molar-refractivity contribution < 1.29 is 9.59 Å². The molecule has 4 rings (SSSR count). The van der Waals surface area contributed by atoms with E-state index in [1.807, 2.05) is 61.5 Å². The minimum atomic E-state index is -0.652. The number of aromatic nitrogens is 2. The molecule has 3 aromatic rings. The van der Waals surface area contributed by atoms with Gasteiger partial charge in [-0.25, -0.2) is 4.68 Å². The van der Waals surface area contributed by atoms with Crippen LogP contribution < -0.4 is 10.6 Å². The Morgan fingerprint density at radius 1 is 1.14 bits per heavy atom. The van der Waals surface area contributed by atoms with Gasteiger partial charge in [0.1, 0.15) is 11.9 Å². The average Bonchev–Trinajstić information content (AvgIpc) is 3.17. The molecule has 1 aliphatic rings. The number of benzene rings is 2. The number of hydrogen-bond acceptors (Lipinski definition) is 3. The van der Waals surface area contributed by atoms with E-state index in [-0.39, 0.29) is 18.2 Å². The van der Waals surface area contributed by atoms with Gasteiger partial charge in [0.2, 0.25) is 5.91 Å². The minimum absolute atomic E-state index is 0.0315. The summed E-state index contributed by atoms with van der Waals surface area (Å²) in [6, 6.07) is 16.9. The van der Waals surface area contributed by atoms with Gasteiger partial charge in [0.05, 0.1) is 12.1 Å². The summed E-state index contributed by atoms with van der Waals surface area (Å²) in [5.41, 5.74) is 4.64. The van der Waals surface area contributed by atoms with Crippen molar-refractivity contribution in [3.05, 3.63) is 65.9 Å². The molecule has 142 valence electrons. The second-order valence-corrected chi connectivity index (χ2v) is 6.93. The first-order valence-electron chi connectivity index (χ1n) is 9.41. The number of hydrogen-bond donors (Lipinski definition) is 2. The van der Waals surface area contributed by atoms with Crippen molar-refractivity contribution >= 4 is 23.3 Å². The Morgan fingerprint density at radius 2 is 1.86 bits per heavy atom. The Labute approximate surface area is 163 Å². The van der Waals surface area contributed by atoms with Gasteiger partial charge in [0.15, 0.2) is 0 Å². The molecule has 0 saturated carbocycles. The van der Waals surface area contributed by atoms with E-state index in [0.29, 0.717) is 5.82 Å². The van der Waals surface area contributed by atoms with Crippen molar-refractivity contribution in [3.63, 3.8) is 0 Å². The minimum Gasteiger partial charge on any atom is -0.326 e. The van der Waals surface area contributed by atoms with Gasteiger partial charge in [-0.15, -0.1) is 0 Å². The van der Waals surface area contributed by atoms with Gasteiger partial charge >= 0.3 is 0 Å². The lowest BCUT2D eigenvalue weighted by Crippen LogP contribution is -2.23. The van der Waals surface area contributed by atoms with Crippen LogP contribution in [0.2, 0.25) is 0 Å². The first kappa shape index (κ1) is 18.0. The Kier molecular flexibility index (Phi) is 4.69. The lowest BCUT2D eigenvalue weighted by Gasteiger charge is -2.10. The highest BCUT2D eigenvalue weighted by Crippen LogP contribution is 2.38. The highest BCUT2D eigenvalue weighted by molar-refractivity contribution is 6.04. The molecule has 0 aliphatic carbocycles. The van der Waals surface area contributed by atoms with Gasteiger partial charge in [-0.1, -0.05) is 49.4 Å². The molecule has 0 fully saturated rings. The van der Waals surface area contributed by atoms with Crippen LogP contribution in [0.4, 0.5) is 11.5 Å². The van der Waals surface area contributed by atoms with Crippen LogP contribution in [-0.2, 0) is 16.0 Å². The van der Waals surface area contributed by atoms with Gasteiger partial charge in [-0.05, 0) is 36.6 Å². The number of amides is 2. The van der Waals surface area contributed by atoms with Crippen LogP contribution in [0, 0.1) is 6.92 Å². The Hall–Kier alpha value is -3.41. The zero-order valence-corrected chi connectivity index (χ0v) is 15.9. The van der Waals surface area contributed by atoms with E-state index < -0.39 is 6.04 Å². The van der Waals surface area contributed by atoms with Crippen LogP contribution in [0.1, 0.15) is 30.6 Å². The van der Waals surface area contributed by atoms with E-state index in [9.17, 15) is 9.59 Å². The molecular formula is C22H22N4O2. The number of fused-ring (bicyclic) bond motifs is 1. The van der Waals surface area contributed by atoms with Gasteiger partial charge in [0.25, 0.3) is 5.91 Å². The first-order valence-corrected chi connectivity index (χ1v) is 9.41. The maximum Gasteiger partial charge on any atom is 0.251 e. The third-order valence-corrected chi connectivity index (χ3v) is 5.01. The zero-order chi connectivity index (χ0) is 19.7. The third kappa shape index (κ3) is 3.29. The molecule has 1 atom stereocenters. The van der Waals surface area contributed by atoms with Crippen molar-refractivity contribution in [3.8, 4) is 11.1 Å². The van der Waals surface area contributed by atoms with Crippen LogP contribution >= 0.6 is 0 Å². The molecule has 1 unspecified atom stereocenters. The molecule has 0 radical (unpaired) electrons. The topological polar surface area (TPSA) is 76.0 Å². The number of anilines is 2. The van der Waals surface area contributed by atoms with Gasteiger partial charge in [-0.2, -0.15) is 5.10 Å². The summed E-state index contributed by atoms with van der Waals surface area (Å²) < 4.78 is 1.64. The summed E-state index contributed by atoms with van der Waals surface area (Å²) >= 11 is 0. The fourth-order valence-corrected chi connectivity index (χ4v) is 3.54. The summed E-state index contributed by atoms with van der Waals surface area (Å²) in [5, 5.41) is 10.3. The SMILES string of the molecule is CCc1ccc(NC(=O)CC2C(=O)Nc3c(-c4ccccc4)c(C)nn32)cc1. The molecule has 1 aliphatic heterocycles.